The Balaban J connectivity index is 2.34. The molecule has 1 fully saturated rings. The molecule has 1 rings (SSSR count). The quantitative estimate of drug-likeness (QED) is 0.229. The topological polar surface area (TPSA) is 37.4 Å². The van der Waals surface area contributed by atoms with Crippen molar-refractivity contribution in [2.24, 2.45) is 0 Å². The summed E-state index contributed by atoms with van der Waals surface area (Å²) in [6.07, 6.45) is 2.46. The molecule has 0 saturated carbocycles. The molecule has 0 bridgehead atoms. The maximum atomic E-state index is 11.0. The van der Waals surface area contributed by atoms with Gasteiger partial charge < -0.3 is 0 Å². The van der Waals surface area contributed by atoms with E-state index in [4.69, 9.17) is 0 Å². The Bertz CT molecular complexity index is 201. The number of hydrogen-bond donors (Lipinski definition) is 0. The minimum Gasteiger partial charge on any atom is -0.273 e. The second kappa shape index (κ2) is 4.57. The van der Waals surface area contributed by atoms with E-state index in [1.54, 1.807) is 6.08 Å². The van der Waals surface area contributed by atoms with Crippen molar-refractivity contribution in [3.05, 3.63) is 12.7 Å². The van der Waals surface area contributed by atoms with E-state index >= 15 is 0 Å². The van der Waals surface area contributed by atoms with Crippen molar-refractivity contribution in [1.29, 1.82) is 0 Å². The summed E-state index contributed by atoms with van der Waals surface area (Å²) >= 11 is 0. The molecule has 5 heteroatoms. The van der Waals surface area contributed by atoms with Gasteiger partial charge in [-0.15, -0.1) is 6.58 Å². The summed E-state index contributed by atoms with van der Waals surface area (Å²) in [5, 5.41) is 0. The van der Waals surface area contributed by atoms with Gasteiger partial charge in [0.15, 0.2) is 0 Å². The summed E-state index contributed by atoms with van der Waals surface area (Å²) in [6.45, 7) is 3.54. The molecule has 0 aromatic heterocycles. The van der Waals surface area contributed by atoms with E-state index in [2.05, 4.69) is 6.58 Å². The summed E-state index contributed by atoms with van der Waals surface area (Å²) in [7, 11) is 2.65. The Morgan fingerprint density at radius 2 is 2.00 bits per heavy atom. The van der Waals surface area contributed by atoms with Crippen molar-refractivity contribution in [3.8, 4) is 0 Å². The second-order valence-electron chi connectivity index (χ2n) is 2.23. The molecular formula is C7H9NO2S2. The molecule has 12 heavy (non-hydrogen) atoms. The lowest BCUT2D eigenvalue weighted by atomic mass is 10.4. The largest absolute Gasteiger partial charge is 0.273 e. The lowest BCUT2D eigenvalue weighted by molar-refractivity contribution is -0.131. The molecule has 66 valence electrons. The Labute approximate surface area is 79.1 Å². The van der Waals surface area contributed by atoms with Gasteiger partial charge in [-0.3, -0.25) is 9.59 Å². The first-order valence-corrected chi connectivity index (χ1v) is 5.79. The predicted molar refractivity (Wildman–Crippen MR) is 51.3 cm³/mol. The van der Waals surface area contributed by atoms with Crippen LogP contribution in [0.5, 0.6) is 0 Å². The van der Waals surface area contributed by atoms with Crippen molar-refractivity contribution in [2.45, 2.75) is 12.8 Å². The molecule has 1 heterocycles. The van der Waals surface area contributed by atoms with Crippen LogP contribution in [-0.2, 0) is 9.59 Å². The number of nitrogens with zero attached hydrogens (tertiary/aromatic N) is 1. The van der Waals surface area contributed by atoms with Crippen LogP contribution in [-0.4, -0.2) is 21.9 Å². The molecule has 0 aromatic carbocycles. The lowest BCUT2D eigenvalue weighted by Crippen LogP contribution is -2.19. The zero-order valence-electron chi connectivity index (χ0n) is 6.49. The van der Waals surface area contributed by atoms with Crippen LogP contribution < -0.4 is 0 Å². The van der Waals surface area contributed by atoms with Crippen LogP contribution >= 0.6 is 21.8 Å². The van der Waals surface area contributed by atoms with Crippen LogP contribution in [0, 0.1) is 0 Å². The van der Waals surface area contributed by atoms with Crippen LogP contribution in [0.25, 0.3) is 0 Å². The zero-order valence-corrected chi connectivity index (χ0v) is 8.12. The highest BCUT2D eigenvalue weighted by atomic mass is 33.1. The lowest BCUT2D eigenvalue weighted by Gasteiger charge is -2.09. The fourth-order valence-corrected chi connectivity index (χ4v) is 2.67. The molecule has 1 aliphatic rings. The van der Waals surface area contributed by atoms with Gasteiger partial charge in [0.05, 0.1) is 0 Å². The maximum absolute atomic E-state index is 11.0. The average molecular weight is 203 g/mol. The summed E-state index contributed by atoms with van der Waals surface area (Å²) in [6, 6.07) is 0. The minimum absolute atomic E-state index is 0.0819. The van der Waals surface area contributed by atoms with E-state index in [0.29, 0.717) is 12.8 Å². The standard InChI is InChI=1S/C7H9NO2S2/c1-2-5-11-12-8-6(9)3-4-7(8)10/h2H,1,3-5H2. The first-order chi connectivity index (χ1) is 5.75. The van der Waals surface area contributed by atoms with Crippen LogP contribution in [0.15, 0.2) is 12.7 Å². The van der Waals surface area contributed by atoms with E-state index < -0.39 is 0 Å². The number of carbonyl (C=O) groups excluding carboxylic acids is 2. The van der Waals surface area contributed by atoms with Crippen molar-refractivity contribution in [3.63, 3.8) is 0 Å². The molecule has 1 saturated heterocycles. The first-order valence-electron chi connectivity index (χ1n) is 3.52. The Hall–Kier alpha value is -0.420. The number of rotatable bonds is 4. The van der Waals surface area contributed by atoms with E-state index in [9.17, 15) is 9.59 Å². The van der Waals surface area contributed by atoms with Crippen LogP contribution in [0.1, 0.15) is 12.8 Å². The Morgan fingerprint density at radius 1 is 1.42 bits per heavy atom. The molecule has 0 N–H and O–H groups in total. The molecule has 0 aliphatic carbocycles. The molecule has 0 atom stereocenters. The van der Waals surface area contributed by atoms with Gasteiger partial charge in [-0.2, -0.15) is 0 Å². The zero-order chi connectivity index (χ0) is 8.97. The number of carbonyl (C=O) groups is 2. The predicted octanol–water partition coefficient (Wildman–Crippen LogP) is 1.62. The van der Waals surface area contributed by atoms with Crippen LogP contribution in [0.3, 0.4) is 0 Å². The van der Waals surface area contributed by atoms with Crippen molar-refractivity contribution < 1.29 is 9.59 Å². The Morgan fingerprint density at radius 3 is 2.50 bits per heavy atom. The fourth-order valence-electron chi connectivity index (χ4n) is 0.770. The van der Waals surface area contributed by atoms with Crippen LogP contribution in [0.2, 0.25) is 0 Å². The third kappa shape index (κ3) is 2.28. The molecule has 1 aliphatic heterocycles. The van der Waals surface area contributed by atoms with Gasteiger partial charge in [0.2, 0.25) is 11.8 Å². The third-order valence-electron chi connectivity index (χ3n) is 1.32. The van der Waals surface area contributed by atoms with Gasteiger partial charge in [0.25, 0.3) is 0 Å². The highest BCUT2D eigenvalue weighted by Crippen LogP contribution is 2.30. The number of imide groups is 1. The summed E-state index contributed by atoms with van der Waals surface area (Å²) in [4.78, 5) is 22.0. The molecular weight excluding hydrogens is 194 g/mol. The smallest absolute Gasteiger partial charge is 0.240 e. The molecule has 0 aromatic rings. The molecule has 0 spiro atoms. The normalized spacial score (nSPS) is 17.2. The van der Waals surface area contributed by atoms with Crippen molar-refractivity contribution >= 4 is 33.6 Å². The summed E-state index contributed by atoms with van der Waals surface area (Å²) in [5.74, 6) is 0.574. The van der Waals surface area contributed by atoms with Gasteiger partial charge >= 0.3 is 0 Å². The number of amides is 2. The van der Waals surface area contributed by atoms with Gasteiger partial charge in [-0.1, -0.05) is 16.9 Å². The van der Waals surface area contributed by atoms with Crippen LogP contribution in [0.4, 0.5) is 0 Å². The van der Waals surface area contributed by atoms with Gasteiger partial charge in [-0.05, 0) is 0 Å². The molecule has 3 nitrogen and oxygen atoms in total. The molecule has 0 radical (unpaired) electrons. The monoisotopic (exact) mass is 203 g/mol. The van der Waals surface area contributed by atoms with E-state index in [1.165, 1.54) is 26.1 Å². The van der Waals surface area contributed by atoms with Gasteiger partial charge in [0, 0.05) is 29.6 Å². The maximum Gasteiger partial charge on any atom is 0.240 e. The van der Waals surface area contributed by atoms with E-state index in [1.807, 2.05) is 0 Å². The highest BCUT2D eigenvalue weighted by Gasteiger charge is 2.29. The SMILES string of the molecule is C=CCSSN1C(=O)CCC1=O. The summed E-state index contributed by atoms with van der Waals surface area (Å²) in [5.41, 5.74) is 0. The summed E-state index contributed by atoms with van der Waals surface area (Å²) < 4.78 is 1.23. The average Bonchev–Trinajstić information content (AvgIpc) is 2.35. The van der Waals surface area contributed by atoms with E-state index in [0.717, 1.165) is 5.75 Å². The molecule has 2 amide bonds. The third-order valence-corrected chi connectivity index (χ3v) is 3.52. The Kier molecular flexibility index (Phi) is 3.68. The first kappa shape index (κ1) is 9.67. The molecule has 0 unspecified atom stereocenters. The van der Waals surface area contributed by atoms with Crippen molar-refractivity contribution in [2.75, 3.05) is 5.75 Å². The van der Waals surface area contributed by atoms with Gasteiger partial charge in [-0.25, -0.2) is 4.31 Å². The van der Waals surface area contributed by atoms with Gasteiger partial charge in [0.1, 0.15) is 0 Å². The second-order valence-corrected chi connectivity index (χ2v) is 4.47. The van der Waals surface area contributed by atoms with Crippen molar-refractivity contribution in [1.82, 2.24) is 4.31 Å². The fraction of sp³-hybridized carbons (Fsp3) is 0.429. The highest BCUT2D eigenvalue weighted by molar-refractivity contribution is 8.76. The number of hydrogen-bond acceptors (Lipinski definition) is 4. The minimum atomic E-state index is -0.0819. The van der Waals surface area contributed by atoms with E-state index in [-0.39, 0.29) is 11.8 Å².